The van der Waals surface area contributed by atoms with Crippen LogP contribution in [-0.4, -0.2) is 48.1 Å². The highest BCUT2D eigenvalue weighted by atomic mass is 15.2. The molecule has 0 saturated carbocycles. The van der Waals surface area contributed by atoms with E-state index in [1.807, 2.05) is 0 Å². The fourth-order valence-corrected chi connectivity index (χ4v) is 4.33. The maximum absolute atomic E-state index is 4.86. The lowest BCUT2D eigenvalue weighted by atomic mass is 10.1. The van der Waals surface area contributed by atoms with E-state index in [0.29, 0.717) is 6.04 Å². The predicted octanol–water partition coefficient (Wildman–Crippen LogP) is 3.95. The van der Waals surface area contributed by atoms with Gasteiger partial charge >= 0.3 is 0 Å². The number of benzene rings is 1. The number of nitrogens with one attached hydrogen (secondary N) is 3. The van der Waals surface area contributed by atoms with E-state index < -0.39 is 0 Å². The molecule has 31 heavy (non-hydrogen) atoms. The Hall–Kier alpha value is -3.02. The van der Waals surface area contributed by atoms with E-state index in [2.05, 4.69) is 88.9 Å². The SMILES string of the molecule is CCNC(=NCCc1c[nH]c2c(C)cccc12)NC1CCN(c2cccc(C)n2)CC1. The highest BCUT2D eigenvalue weighted by Gasteiger charge is 2.21. The van der Waals surface area contributed by atoms with Gasteiger partial charge in [-0.2, -0.15) is 0 Å². The minimum atomic E-state index is 0.439. The number of hydrogen-bond donors (Lipinski definition) is 3. The Morgan fingerprint density at radius 1 is 1.16 bits per heavy atom. The molecule has 2 aromatic heterocycles. The third-order valence-corrected chi connectivity index (χ3v) is 6.04. The summed E-state index contributed by atoms with van der Waals surface area (Å²) in [4.78, 5) is 15.3. The van der Waals surface area contributed by atoms with Gasteiger partial charge < -0.3 is 20.5 Å². The number of anilines is 1. The van der Waals surface area contributed by atoms with Gasteiger partial charge in [0.15, 0.2) is 5.96 Å². The van der Waals surface area contributed by atoms with Gasteiger partial charge in [-0.1, -0.05) is 24.3 Å². The Bertz CT molecular complexity index is 1030. The lowest BCUT2D eigenvalue weighted by molar-refractivity contribution is 0.459. The molecule has 6 nitrogen and oxygen atoms in total. The minimum absolute atomic E-state index is 0.439. The lowest BCUT2D eigenvalue weighted by Crippen LogP contribution is -2.49. The standard InChI is InChI=1S/C25H34N6/c1-4-26-25(27-14-11-20-17-28-24-18(2)7-5-9-22(20)24)30-21-12-15-31(16-13-21)23-10-6-8-19(3)29-23/h5-10,17,21,28H,4,11-16H2,1-3H3,(H2,26,27,30). The molecular weight excluding hydrogens is 384 g/mol. The van der Waals surface area contributed by atoms with E-state index in [9.17, 15) is 0 Å². The highest BCUT2D eigenvalue weighted by Crippen LogP contribution is 2.22. The largest absolute Gasteiger partial charge is 0.361 e. The molecule has 0 spiro atoms. The van der Waals surface area contributed by atoms with Gasteiger partial charge in [0.05, 0.1) is 0 Å². The normalized spacial score (nSPS) is 15.5. The van der Waals surface area contributed by atoms with E-state index in [1.165, 1.54) is 22.0 Å². The quantitative estimate of drug-likeness (QED) is 0.419. The van der Waals surface area contributed by atoms with Crippen LogP contribution in [-0.2, 0) is 6.42 Å². The summed E-state index contributed by atoms with van der Waals surface area (Å²) >= 11 is 0. The molecule has 0 radical (unpaired) electrons. The molecule has 4 rings (SSSR count). The molecule has 1 fully saturated rings. The molecule has 0 atom stereocenters. The molecule has 6 heteroatoms. The van der Waals surface area contributed by atoms with Crippen molar-refractivity contribution in [2.75, 3.05) is 31.1 Å². The Morgan fingerprint density at radius 3 is 2.74 bits per heavy atom. The molecule has 0 aliphatic carbocycles. The van der Waals surface area contributed by atoms with E-state index in [4.69, 9.17) is 4.99 Å². The number of aliphatic imine (C=N–C) groups is 1. The van der Waals surface area contributed by atoms with Crippen LogP contribution in [0.1, 0.15) is 36.6 Å². The first-order valence-corrected chi connectivity index (χ1v) is 11.4. The number of aryl methyl sites for hydroxylation is 2. The second-order valence-corrected chi connectivity index (χ2v) is 8.36. The van der Waals surface area contributed by atoms with Crippen molar-refractivity contribution >= 4 is 22.7 Å². The second kappa shape index (κ2) is 9.86. The summed E-state index contributed by atoms with van der Waals surface area (Å²) in [6, 6.07) is 13.2. The van der Waals surface area contributed by atoms with Crippen LogP contribution in [0.15, 0.2) is 47.6 Å². The first kappa shape index (κ1) is 21.2. The number of piperidine rings is 1. The van der Waals surface area contributed by atoms with Crippen molar-refractivity contribution in [2.45, 2.75) is 46.1 Å². The van der Waals surface area contributed by atoms with Crippen molar-refractivity contribution in [1.29, 1.82) is 0 Å². The van der Waals surface area contributed by atoms with Gasteiger partial charge in [-0.25, -0.2) is 4.98 Å². The third kappa shape index (κ3) is 5.19. The number of rotatable bonds is 6. The summed E-state index contributed by atoms with van der Waals surface area (Å²) < 4.78 is 0. The van der Waals surface area contributed by atoms with E-state index in [-0.39, 0.29) is 0 Å². The van der Waals surface area contributed by atoms with Crippen molar-refractivity contribution in [3.8, 4) is 0 Å². The molecule has 0 amide bonds. The smallest absolute Gasteiger partial charge is 0.191 e. The van der Waals surface area contributed by atoms with Crippen LogP contribution in [0.4, 0.5) is 5.82 Å². The number of guanidine groups is 1. The topological polar surface area (TPSA) is 68.3 Å². The molecule has 1 saturated heterocycles. The van der Waals surface area contributed by atoms with Crippen LogP contribution in [0.5, 0.6) is 0 Å². The number of aromatic amines is 1. The van der Waals surface area contributed by atoms with E-state index in [0.717, 1.165) is 62.9 Å². The molecule has 1 aliphatic heterocycles. The van der Waals surface area contributed by atoms with Gasteiger partial charge in [0, 0.05) is 55.0 Å². The van der Waals surface area contributed by atoms with Crippen LogP contribution >= 0.6 is 0 Å². The van der Waals surface area contributed by atoms with Crippen molar-refractivity contribution in [1.82, 2.24) is 20.6 Å². The van der Waals surface area contributed by atoms with E-state index >= 15 is 0 Å². The van der Waals surface area contributed by atoms with Crippen LogP contribution < -0.4 is 15.5 Å². The van der Waals surface area contributed by atoms with Crippen LogP contribution in [0.2, 0.25) is 0 Å². The average molecular weight is 419 g/mol. The van der Waals surface area contributed by atoms with Gasteiger partial charge in [0.1, 0.15) is 5.82 Å². The zero-order chi connectivity index (χ0) is 21.6. The molecule has 1 aromatic carbocycles. The number of fused-ring (bicyclic) bond motifs is 1. The van der Waals surface area contributed by atoms with Crippen LogP contribution in [0.3, 0.4) is 0 Å². The lowest BCUT2D eigenvalue weighted by Gasteiger charge is -2.34. The summed E-state index contributed by atoms with van der Waals surface area (Å²) in [5.74, 6) is 2.01. The number of hydrogen-bond acceptors (Lipinski definition) is 3. The fraction of sp³-hybridized carbons (Fsp3) is 0.440. The third-order valence-electron chi connectivity index (χ3n) is 6.04. The van der Waals surface area contributed by atoms with Crippen LogP contribution in [0.25, 0.3) is 10.9 Å². The molecule has 164 valence electrons. The number of para-hydroxylation sites is 1. The Kier molecular flexibility index (Phi) is 6.75. The zero-order valence-corrected chi connectivity index (χ0v) is 18.9. The van der Waals surface area contributed by atoms with Crippen molar-refractivity contribution in [3.63, 3.8) is 0 Å². The predicted molar refractivity (Wildman–Crippen MR) is 130 cm³/mol. The van der Waals surface area contributed by atoms with Crippen LogP contribution in [0, 0.1) is 13.8 Å². The number of H-pyrrole nitrogens is 1. The zero-order valence-electron chi connectivity index (χ0n) is 18.9. The number of aromatic nitrogens is 2. The minimum Gasteiger partial charge on any atom is -0.361 e. The molecular formula is C25H34N6. The highest BCUT2D eigenvalue weighted by molar-refractivity contribution is 5.86. The summed E-state index contributed by atoms with van der Waals surface area (Å²) in [6.45, 7) is 9.98. The first-order chi connectivity index (χ1) is 15.1. The van der Waals surface area contributed by atoms with E-state index in [1.54, 1.807) is 0 Å². The second-order valence-electron chi connectivity index (χ2n) is 8.36. The summed E-state index contributed by atoms with van der Waals surface area (Å²) in [5.41, 5.74) is 4.93. The van der Waals surface area contributed by atoms with Gasteiger partial charge in [-0.15, -0.1) is 0 Å². The Balaban J connectivity index is 1.32. The van der Waals surface area contributed by atoms with Crippen molar-refractivity contribution < 1.29 is 0 Å². The van der Waals surface area contributed by atoms with Gasteiger partial charge in [-0.3, -0.25) is 4.99 Å². The first-order valence-electron chi connectivity index (χ1n) is 11.4. The van der Waals surface area contributed by atoms with Gasteiger partial charge in [0.2, 0.25) is 0 Å². The van der Waals surface area contributed by atoms with Crippen molar-refractivity contribution in [3.05, 3.63) is 59.4 Å². The monoisotopic (exact) mass is 418 g/mol. The molecule has 0 bridgehead atoms. The molecule has 0 unspecified atom stereocenters. The maximum atomic E-state index is 4.86. The number of nitrogens with zero attached hydrogens (tertiary/aromatic N) is 3. The molecule has 1 aliphatic rings. The summed E-state index contributed by atoms with van der Waals surface area (Å²) in [6.07, 6.45) is 5.23. The Labute approximate surface area is 185 Å². The fourth-order valence-electron chi connectivity index (χ4n) is 4.33. The molecule has 3 aromatic rings. The van der Waals surface area contributed by atoms with Gasteiger partial charge in [0.25, 0.3) is 0 Å². The van der Waals surface area contributed by atoms with Gasteiger partial charge in [-0.05, 0) is 63.3 Å². The molecule has 3 N–H and O–H groups in total. The average Bonchev–Trinajstić information content (AvgIpc) is 3.19. The summed E-state index contributed by atoms with van der Waals surface area (Å²) in [5, 5.41) is 8.37. The number of pyridine rings is 1. The molecule has 3 heterocycles. The summed E-state index contributed by atoms with van der Waals surface area (Å²) in [7, 11) is 0. The van der Waals surface area contributed by atoms with Crippen molar-refractivity contribution in [2.24, 2.45) is 4.99 Å². The Morgan fingerprint density at radius 2 is 1.97 bits per heavy atom. The maximum Gasteiger partial charge on any atom is 0.191 e.